The third-order valence-electron chi connectivity index (χ3n) is 18.5. The Labute approximate surface area is 589 Å². The summed E-state index contributed by atoms with van der Waals surface area (Å²) in [6.07, 6.45) is 100. The second kappa shape index (κ2) is 76.5. The van der Waals surface area contributed by atoms with Gasteiger partial charge < -0.3 is 33.3 Å². The average Bonchev–Trinajstić information content (AvgIpc) is 2.92. The molecule has 0 aliphatic heterocycles. The molecule has 554 valence electrons. The maximum absolute atomic E-state index is 13.0. The molecule has 9 nitrogen and oxygen atoms in total. The number of carboxylic acid groups (broad SMARTS) is 1. The van der Waals surface area contributed by atoms with E-state index in [4.69, 9.17) is 18.9 Å². The Morgan fingerprint density at radius 1 is 0.326 bits per heavy atom. The Morgan fingerprint density at radius 2 is 0.600 bits per heavy atom. The molecule has 95 heavy (non-hydrogen) atoms. The summed E-state index contributed by atoms with van der Waals surface area (Å²) in [5.41, 5.74) is 0. The second-order valence-electron chi connectivity index (χ2n) is 29.0. The van der Waals surface area contributed by atoms with Gasteiger partial charge in [0.2, 0.25) is 0 Å². The van der Waals surface area contributed by atoms with Crippen molar-refractivity contribution in [3.8, 4) is 0 Å². The lowest BCUT2D eigenvalue weighted by Gasteiger charge is -2.26. The van der Waals surface area contributed by atoms with Crippen LogP contribution >= 0.6 is 0 Å². The third-order valence-corrected chi connectivity index (χ3v) is 18.5. The number of rotatable bonds is 77. The van der Waals surface area contributed by atoms with E-state index in [0.717, 1.165) is 70.6 Å². The summed E-state index contributed by atoms with van der Waals surface area (Å²) in [4.78, 5) is 37.6. The van der Waals surface area contributed by atoms with E-state index >= 15 is 0 Å². The van der Waals surface area contributed by atoms with Crippen molar-refractivity contribution in [2.75, 3.05) is 47.5 Å². The van der Waals surface area contributed by atoms with Crippen LogP contribution in [-0.4, -0.2) is 82.3 Å². The number of aliphatic carboxylic acids is 1. The number of hydrogen-bond donors (Lipinski definition) is 0. The molecule has 2 unspecified atom stereocenters. The van der Waals surface area contributed by atoms with E-state index in [1.165, 1.54) is 295 Å². The lowest BCUT2D eigenvalue weighted by Crippen LogP contribution is -2.44. The van der Waals surface area contributed by atoms with Gasteiger partial charge in [-0.3, -0.25) is 9.59 Å². The van der Waals surface area contributed by atoms with Crippen LogP contribution in [0.4, 0.5) is 0 Å². The predicted octanol–water partition coefficient (Wildman–Crippen LogP) is 25.0. The number of carbonyl (C=O) groups is 3. The van der Waals surface area contributed by atoms with Crippen LogP contribution in [-0.2, 0) is 33.3 Å². The molecule has 0 bridgehead atoms. The summed E-state index contributed by atoms with van der Waals surface area (Å²) in [6.45, 7) is 4.71. The van der Waals surface area contributed by atoms with Gasteiger partial charge in [0.25, 0.3) is 0 Å². The molecule has 0 spiro atoms. The lowest BCUT2D eigenvalue weighted by molar-refractivity contribution is -0.870. The van der Waals surface area contributed by atoms with Gasteiger partial charge in [-0.05, 0) is 64.2 Å². The lowest BCUT2D eigenvalue weighted by atomic mass is 10.0. The van der Waals surface area contributed by atoms with Gasteiger partial charge in [-0.1, -0.05) is 395 Å². The molecule has 0 amide bonds. The number of ether oxygens (including phenoxy) is 4. The average molecular weight is 1330 g/mol. The van der Waals surface area contributed by atoms with Gasteiger partial charge in [-0.25, -0.2) is 0 Å². The maximum Gasteiger partial charge on any atom is 0.306 e. The summed E-state index contributed by atoms with van der Waals surface area (Å²) >= 11 is 0. The Kier molecular flexibility index (Phi) is 73.9. The molecule has 2 atom stereocenters. The number of carbonyl (C=O) groups excluding carboxylic acids is 3. The minimum atomic E-state index is -1.62. The van der Waals surface area contributed by atoms with Crippen molar-refractivity contribution in [2.45, 2.75) is 411 Å². The van der Waals surface area contributed by atoms with Crippen LogP contribution < -0.4 is 5.11 Å². The molecule has 0 aromatic heterocycles. The number of hydrogen-bond acceptors (Lipinski definition) is 8. The van der Waals surface area contributed by atoms with Crippen molar-refractivity contribution >= 4 is 17.9 Å². The molecule has 0 saturated carbocycles. The van der Waals surface area contributed by atoms with Crippen LogP contribution in [0.3, 0.4) is 0 Å². The van der Waals surface area contributed by atoms with Crippen LogP contribution in [0.15, 0.2) is 72.9 Å². The smallest absolute Gasteiger partial charge is 0.306 e. The Balaban J connectivity index is 3.97. The van der Waals surface area contributed by atoms with Gasteiger partial charge in [0.05, 0.1) is 40.3 Å². The molecule has 0 aliphatic rings. The monoisotopic (exact) mass is 1330 g/mol. The first-order chi connectivity index (χ1) is 46.6. The van der Waals surface area contributed by atoms with E-state index in [1.807, 2.05) is 21.1 Å². The van der Waals surface area contributed by atoms with Gasteiger partial charge in [0, 0.05) is 12.8 Å². The number of allylic oxidation sites excluding steroid dienone is 12. The van der Waals surface area contributed by atoms with E-state index in [9.17, 15) is 19.5 Å². The zero-order valence-electron chi connectivity index (χ0n) is 63.6. The highest BCUT2D eigenvalue weighted by Crippen LogP contribution is 2.20. The topological polar surface area (TPSA) is 111 Å². The minimum Gasteiger partial charge on any atom is -0.545 e. The van der Waals surface area contributed by atoms with Crippen LogP contribution in [0.2, 0.25) is 0 Å². The Morgan fingerprint density at radius 3 is 0.895 bits per heavy atom. The van der Waals surface area contributed by atoms with E-state index in [0.29, 0.717) is 23.9 Å². The maximum atomic E-state index is 13.0. The molecule has 0 radical (unpaired) electrons. The summed E-state index contributed by atoms with van der Waals surface area (Å²) in [6, 6.07) is 0. The van der Waals surface area contributed by atoms with Crippen molar-refractivity contribution in [1.82, 2.24) is 0 Å². The van der Waals surface area contributed by atoms with Crippen molar-refractivity contribution in [3.63, 3.8) is 0 Å². The minimum absolute atomic E-state index is 0.150. The Hall–Kier alpha value is -3.27. The third kappa shape index (κ3) is 77.9. The predicted molar refractivity (Wildman–Crippen MR) is 408 cm³/mol. The number of quaternary nitrogens is 1. The quantitative estimate of drug-likeness (QED) is 0.0195. The normalized spacial score (nSPS) is 13.0. The van der Waals surface area contributed by atoms with Gasteiger partial charge >= 0.3 is 11.9 Å². The van der Waals surface area contributed by atoms with E-state index in [-0.39, 0.29) is 32.2 Å². The van der Waals surface area contributed by atoms with E-state index in [2.05, 4.69) is 86.8 Å². The van der Waals surface area contributed by atoms with Crippen molar-refractivity contribution in [2.24, 2.45) is 0 Å². The molecule has 0 heterocycles. The fourth-order valence-electron chi connectivity index (χ4n) is 12.3. The highest BCUT2D eigenvalue weighted by molar-refractivity contribution is 5.70. The molecular formula is C86H157NO8. The molecule has 0 fully saturated rings. The summed E-state index contributed by atoms with van der Waals surface area (Å²) < 4.78 is 22.9. The molecule has 0 aliphatic carbocycles. The first kappa shape index (κ1) is 91.7. The zero-order valence-corrected chi connectivity index (χ0v) is 63.6. The standard InChI is InChI=1S/C86H157NO8/c1-6-8-10-12-14-16-18-20-22-24-26-28-30-32-34-36-38-39-40-41-42-43-44-45-47-49-51-53-55-57-59-61-63-65-67-69-71-73-75-77-84(89)95-82(81-94-86(85(90)91)92-79-78-87(3,4)5)80-93-83(88)76-74-72-70-68-66-64-62-60-58-56-54-52-50-48-46-37-35-33-31-29-27-25-23-21-19-17-15-13-11-9-7-2/h8,10,14,16,20,22,26,28,32,34,38-39,82,86H,6-7,9,11-13,15,17-19,21,23-25,27,29-31,33,35-37,40-81H2,1-5H3/b10-8-,16-14-,22-20-,28-26-,34-32-,39-38-. The molecule has 0 aromatic carbocycles. The summed E-state index contributed by atoms with van der Waals surface area (Å²) in [5.74, 6) is -2.25. The summed E-state index contributed by atoms with van der Waals surface area (Å²) in [7, 11) is 5.95. The van der Waals surface area contributed by atoms with Crippen LogP contribution in [0.25, 0.3) is 0 Å². The molecule has 0 rings (SSSR count). The first-order valence-corrected chi connectivity index (χ1v) is 41.1. The van der Waals surface area contributed by atoms with Gasteiger partial charge in [-0.2, -0.15) is 0 Å². The van der Waals surface area contributed by atoms with Crippen LogP contribution in [0.1, 0.15) is 399 Å². The van der Waals surface area contributed by atoms with E-state index < -0.39 is 24.3 Å². The fourth-order valence-corrected chi connectivity index (χ4v) is 12.3. The molecule has 0 aromatic rings. The number of likely N-dealkylation sites (N-methyl/N-ethyl adjacent to an activating group) is 1. The second-order valence-corrected chi connectivity index (χ2v) is 29.0. The van der Waals surface area contributed by atoms with Crippen LogP contribution in [0, 0.1) is 0 Å². The fraction of sp³-hybridized carbons (Fsp3) is 0.826. The zero-order chi connectivity index (χ0) is 69.0. The summed E-state index contributed by atoms with van der Waals surface area (Å²) in [5, 5.41) is 11.9. The molecule has 0 saturated heterocycles. The highest BCUT2D eigenvalue weighted by Gasteiger charge is 2.22. The first-order valence-electron chi connectivity index (χ1n) is 41.1. The van der Waals surface area contributed by atoms with Gasteiger partial charge in [0.1, 0.15) is 13.2 Å². The van der Waals surface area contributed by atoms with Crippen molar-refractivity contribution in [1.29, 1.82) is 0 Å². The molecular weight excluding hydrogens is 1170 g/mol. The van der Waals surface area contributed by atoms with Gasteiger partial charge in [0.15, 0.2) is 12.4 Å². The van der Waals surface area contributed by atoms with E-state index in [1.54, 1.807) is 0 Å². The molecule has 9 heteroatoms. The number of unbranched alkanes of at least 4 members (excludes halogenated alkanes) is 50. The van der Waals surface area contributed by atoms with Crippen molar-refractivity contribution in [3.05, 3.63) is 72.9 Å². The number of nitrogens with zero attached hydrogens (tertiary/aromatic N) is 1. The Bertz CT molecular complexity index is 1790. The highest BCUT2D eigenvalue weighted by atomic mass is 16.7. The van der Waals surface area contributed by atoms with Crippen molar-refractivity contribution < 1.29 is 42.9 Å². The SMILES string of the molecule is CC/C=C\C/C=C\C/C=C\C/C=C\C/C=C\C/C=C\CCCCCCCCCCCCCCCCCCCCCCC(=O)OC(COC(=O)CCCCCCCCCCCCCCCCCCCCCCCCCCCCCCCCC)COC(OCC[N+](C)(C)C)C(=O)[O-]. The molecule has 0 N–H and O–H groups in total. The largest absolute Gasteiger partial charge is 0.545 e. The van der Waals surface area contributed by atoms with Crippen LogP contribution in [0.5, 0.6) is 0 Å². The number of esters is 2. The number of carboxylic acids is 1. The van der Waals surface area contributed by atoms with Gasteiger partial charge in [-0.15, -0.1) is 0 Å².